The first-order valence-electron chi connectivity index (χ1n) is 6.95. The van der Waals surface area contributed by atoms with E-state index >= 15 is 0 Å². The first kappa shape index (κ1) is 14.7. The van der Waals surface area contributed by atoms with Crippen molar-refractivity contribution in [3.63, 3.8) is 0 Å². The van der Waals surface area contributed by atoms with Gasteiger partial charge < -0.3 is 19.5 Å². The summed E-state index contributed by atoms with van der Waals surface area (Å²) in [5.41, 5.74) is 1.06. The molecule has 0 bridgehead atoms. The molecule has 3 rings (SSSR count). The fourth-order valence-electron chi connectivity index (χ4n) is 2.17. The maximum absolute atomic E-state index is 6.22. The van der Waals surface area contributed by atoms with Gasteiger partial charge in [-0.25, -0.2) is 4.98 Å². The average molecular weight is 322 g/mol. The van der Waals surface area contributed by atoms with Crippen molar-refractivity contribution in [2.75, 3.05) is 32.2 Å². The molecule has 2 aromatic rings. The summed E-state index contributed by atoms with van der Waals surface area (Å²) >= 11 is 6.22. The van der Waals surface area contributed by atoms with Gasteiger partial charge in [-0.05, 0) is 24.1 Å². The van der Waals surface area contributed by atoms with Crippen LogP contribution in [0.4, 0.5) is 5.95 Å². The SMILES string of the molecule is COc1ccnc(NCCc2cc(Cl)c3c(c2)OCCO3)n1. The highest BCUT2D eigenvalue weighted by Crippen LogP contribution is 2.38. The lowest BCUT2D eigenvalue weighted by Gasteiger charge is -2.20. The molecule has 1 aliphatic heterocycles. The molecule has 1 aromatic carbocycles. The maximum Gasteiger partial charge on any atom is 0.225 e. The van der Waals surface area contributed by atoms with Crippen molar-refractivity contribution in [3.05, 3.63) is 35.0 Å². The number of hydrogen-bond acceptors (Lipinski definition) is 6. The van der Waals surface area contributed by atoms with Crippen molar-refractivity contribution in [1.29, 1.82) is 0 Å². The molecular formula is C15H16ClN3O3. The first-order chi connectivity index (χ1) is 10.8. The minimum atomic E-state index is 0.528. The number of ether oxygens (including phenoxy) is 3. The molecule has 1 aromatic heterocycles. The lowest BCUT2D eigenvalue weighted by atomic mass is 10.1. The molecule has 0 atom stereocenters. The summed E-state index contributed by atoms with van der Waals surface area (Å²) in [6, 6.07) is 5.55. The largest absolute Gasteiger partial charge is 0.486 e. The molecule has 1 N–H and O–H groups in total. The van der Waals surface area contributed by atoms with E-state index in [1.54, 1.807) is 19.4 Å². The standard InChI is InChI=1S/C15H16ClN3O3/c1-20-13-3-5-18-15(19-13)17-4-2-10-8-11(16)14-12(9-10)21-6-7-22-14/h3,5,8-9H,2,4,6-7H2,1H3,(H,17,18,19). The Hall–Kier alpha value is -2.21. The Balaban J connectivity index is 1.63. The second kappa shape index (κ2) is 6.70. The number of nitrogens with zero attached hydrogens (tertiary/aromatic N) is 2. The topological polar surface area (TPSA) is 65.5 Å². The van der Waals surface area contributed by atoms with Crippen molar-refractivity contribution in [1.82, 2.24) is 9.97 Å². The van der Waals surface area contributed by atoms with E-state index < -0.39 is 0 Å². The Morgan fingerprint density at radius 2 is 2.18 bits per heavy atom. The van der Waals surface area contributed by atoms with Crippen LogP contribution in [0.3, 0.4) is 0 Å². The van der Waals surface area contributed by atoms with Crippen molar-refractivity contribution >= 4 is 17.5 Å². The number of fused-ring (bicyclic) bond motifs is 1. The summed E-state index contributed by atoms with van der Waals surface area (Å²) in [5, 5.41) is 3.72. The van der Waals surface area contributed by atoms with Crippen LogP contribution in [0.15, 0.2) is 24.4 Å². The second-order valence-electron chi connectivity index (χ2n) is 4.70. The van der Waals surface area contributed by atoms with Crippen LogP contribution >= 0.6 is 11.6 Å². The third kappa shape index (κ3) is 3.33. The number of benzene rings is 1. The van der Waals surface area contributed by atoms with Crippen LogP contribution in [-0.4, -0.2) is 36.8 Å². The number of halogens is 1. The summed E-state index contributed by atoms with van der Waals surface area (Å²) < 4.78 is 16.1. The van der Waals surface area contributed by atoms with Crippen LogP contribution in [0, 0.1) is 0 Å². The van der Waals surface area contributed by atoms with Crippen LogP contribution in [0.25, 0.3) is 0 Å². The van der Waals surface area contributed by atoms with Gasteiger partial charge in [0, 0.05) is 18.8 Å². The molecular weight excluding hydrogens is 306 g/mol. The van der Waals surface area contributed by atoms with Crippen LogP contribution in [-0.2, 0) is 6.42 Å². The quantitative estimate of drug-likeness (QED) is 0.913. The summed E-state index contributed by atoms with van der Waals surface area (Å²) in [6.45, 7) is 1.74. The van der Waals surface area contributed by atoms with E-state index in [4.69, 9.17) is 25.8 Å². The van der Waals surface area contributed by atoms with Crippen molar-refractivity contribution in [2.45, 2.75) is 6.42 Å². The predicted molar refractivity (Wildman–Crippen MR) is 83.2 cm³/mol. The van der Waals surface area contributed by atoms with E-state index in [1.165, 1.54) is 0 Å². The number of hydrogen-bond donors (Lipinski definition) is 1. The summed E-state index contributed by atoms with van der Waals surface area (Å²) in [7, 11) is 1.57. The highest BCUT2D eigenvalue weighted by atomic mass is 35.5. The van der Waals surface area contributed by atoms with Crippen LogP contribution in [0.2, 0.25) is 5.02 Å². The summed E-state index contributed by atoms with van der Waals surface area (Å²) in [6.07, 6.45) is 2.41. The van der Waals surface area contributed by atoms with E-state index in [0.29, 0.717) is 48.1 Å². The van der Waals surface area contributed by atoms with Gasteiger partial charge >= 0.3 is 0 Å². The highest BCUT2D eigenvalue weighted by Gasteiger charge is 2.16. The van der Waals surface area contributed by atoms with Gasteiger partial charge in [-0.15, -0.1) is 0 Å². The molecule has 0 fully saturated rings. The molecule has 7 heteroatoms. The molecule has 116 valence electrons. The van der Waals surface area contributed by atoms with Crippen molar-refractivity contribution in [3.8, 4) is 17.4 Å². The van der Waals surface area contributed by atoms with Gasteiger partial charge in [0.25, 0.3) is 0 Å². The molecule has 6 nitrogen and oxygen atoms in total. The Bertz CT molecular complexity index is 666. The normalized spacial score (nSPS) is 12.8. The van der Waals surface area contributed by atoms with Gasteiger partial charge in [0.2, 0.25) is 11.8 Å². The fraction of sp³-hybridized carbons (Fsp3) is 0.333. The Morgan fingerprint density at radius 1 is 1.32 bits per heavy atom. The molecule has 0 radical (unpaired) electrons. The van der Waals surface area contributed by atoms with E-state index in [0.717, 1.165) is 12.0 Å². The minimum Gasteiger partial charge on any atom is -0.486 e. The fourth-order valence-corrected chi connectivity index (χ4v) is 2.46. The Morgan fingerprint density at radius 3 is 3.05 bits per heavy atom. The van der Waals surface area contributed by atoms with Gasteiger partial charge in [0.05, 0.1) is 12.1 Å². The van der Waals surface area contributed by atoms with Gasteiger partial charge in [-0.3, -0.25) is 0 Å². The highest BCUT2D eigenvalue weighted by molar-refractivity contribution is 6.32. The lowest BCUT2D eigenvalue weighted by Crippen LogP contribution is -2.16. The molecule has 0 aliphatic carbocycles. The molecule has 0 unspecified atom stereocenters. The zero-order valence-electron chi connectivity index (χ0n) is 12.1. The number of methoxy groups -OCH3 is 1. The van der Waals surface area contributed by atoms with Crippen LogP contribution in [0.5, 0.6) is 17.4 Å². The minimum absolute atomic E-state index is 0.528. The lowest BCUT2D eigenvalue weighted by molar-refractivity contribution is 0.171. The maximum atomic E-state index is 6.22. The van der Waals surface area contributed by atoms with Crippen LogP contribution in [0.1, 0.15) is 5.56 Å². The third-order valence-electron chi connectivity index (χ3n) is 3.19. The molecule has 22 heavy (non-hydrogen) atoms. The summed E-state index contributed by atoms with van der Waals surface area (Å²) in [5.74, 6) is 2.38. The second-order valence-corrected chi connectivity index (χ2v) is 5.11. The van der Waals surface area contributed by atoms with Gasteiger partial charge in [0.15, 0.2) is 11.5 Å². The number of nitrogens with one attached hydrogen (secondary N) is 1. The van der Waals surface area contributed by atoms with E-state index in [2.05, 4.69) is 15.3 Å². The number of anilines is 1. The number of rotatable bonds is 5. The molecule has 1 aliphatic rings. The van der Waals surface area contributed by atoms with Gasteiger partial charge in [0.1, 0.15) is 13.2 Å². The Labute approximate surface area is 133 Å². The van der Waals surface area contributed by atoms with Crippen molar-refractivity contribution < 1.29 is 14.2 Å². The predicted octanol–water partition coefficient (Wildman–Crippen LogP) is 2.56. The molecule has 0 spiro atoms. The number of aromatic nitrogens is 2. The zero-order valence-corrected chi connectivity index (χ0v) is 12.9. The van der Waals surface area contributed by atoms with E-state index in [9.17, 15) is 0 Å². The van der Waals surface area contributed by atoms with Gasteiger partial charge in [-0.2, -0.15) is 4.98 Å². The summed E-state index contributed by atoms with van der Waals surface area (Å²) in [4.78, 5) is 8.33. The van der Waals surface area contributed by atoms with Gasteiger partial charge in [-0.1, -0.05) is 11.6 Å². The molecule has 0 amide bonds. The van der Waals surface area contributed by atoms with Crippen molar-refractivity contribution in [2.24, 2.45) is 0 Å². The first-order valence-corrected chi connectivity index (χ1v) is 7.33. The van der Waals surface area contributed by atoms with Crippen LogP contribution < -0.4 is 19.5 Å². The Kier molecular flexibility index (Phi) is 4.48. The van der Waals surface area contributed by atoms with E-state index in [-0.39, 0.29) is 0 Å². The zero-order chi connectivity index (χ0) is 15.4. The molecule has 0 saturated heterocycles. The average Bonchev–Trinajstić information content (AvgIpc) is 2.55. The monoisotopic (exact) mass is 321 g/mol. The molecule has 0 saturated carbocycles. The smallest absolute Gasteiger partial charge is 0.225 e. The molecule has 2 heterocycles. The van der Waals surface area contributed by atoms with E-state index in [1.807, 2.05) is 12.1 Å². The third-order valence-corrected chi connectivity index (χ3v) is 3.47.